The van der Waals surface area contributed by atoms with Crippen molar-refractivity contribution in [2.24, 2.45) is 0 Å². The van der Waals surface area contributed by atoms with Gasteiger partial charge in [-0.25, -0.2) is 0 Å². The summed E-state index contributed by atoms with van der Waals surface area (Å²) in [7, 11) is 0. The third kappa shape index (κ3) is 3.44. The van der Waals surface area contributed by atoms with E-state index in [-0.39, 0.29) is 5.41 Å². The van der Waals surface area contributed by atoms with E-state index >= 15 is 0 Å². The molecule has 0 bridgehead atoms. The second-order valence-electron chi connectivity index (χ2n) is 11.1. The lowest BCUT2D eigenvalue weighted by molar-refractivity contribution is 0.625. The highest BCUT2D eigenvalue weighted by Crippen LogP contribution is 2.62. The Hall–Kier alpha value is -3.61. The number of benzene rings is 4. The van der Waals surface area contributed by atoms with Gasteiger partial charge in [-0.2, -0.15) is 0 Å². The second-order valence-corrected chi connectivity index (χ2v) is 11.6. The van der Waals surface area contributed by atoms with Crippen LogP contribution in [0.1, 0.15) is 55.0 Å². The highest BCUT2D eigenvalue weighted by molar-refractivity contribution is 6.31. The fourth-order valence-electron chi connectivity index (χ4n) is 6.76. The molecular formula is C37H33Cl. The Bertz CT molecular complexity index is 1630. The molecule has 4 aromatic rings. The van der Waals surface area contributed by atoms with Gasteiger partial charge < -0.3 is 0 Å². The minimum absolute atomic E-state index is 0.169. The number of hydrogen-bond acceptors (Lipinski definition) is 0. The van der Waals surface area contributed by atoms with Gasteiger partial charge in [-0.15, -0.1) is 0 Å². The zero-order chi connectivity index (χ0) is 26.7. The first-order chi connectivity index (χ1) is 18.3. The van der Waals surface area contributed by atoms with Crippen LogP contribution in [-0.4, -0.2) is 0 Å². The highest BCUT2D eigenvalue weighted by atomic mass is 35.5. The van der Waals surface area contributed by atoms with Gasteiger partial charge in [0.2, 0.25) is 0 Å². The topological polar surface area (TPSA) is 0 Å². The molecule has 6 rings (SSSR count). The van der Waals surface area contributed by atoms with E-state index < -0.39 is 5.41 Å². The van der Waals surface area contributed by atoms with Gasteiger partial charge in [-0.1, -0.05) is 136 Å². The number of rotatable bonds is 4. The van der Waals surface area contributed by atoms with E-state index in [1.54, 1.807) is 0 Å². The van der Waals surface area contributed by atoms with Gasteiger partial charge in [0.05, 0.1) is 5.41 Å². The maximum absolute atomic E-state index is 6.64. The van der Waals surface area contributed by atoms with Crippen molar-refractivity contribution in [3.8, 4) is 22.3 Å². The Morgan fingerprint density at radius 2 is 1.53 bits per heavy atom. The maximum atomic E-state index is 6.64. The standard InChI is InChI=1S/C37H33Cl/c1-6-11-29-22-27(7-2)37(28-16-14-26(15-17-28)25-12-9-8-10-13-25)33-19-18-30(38)23-31(33)32-20-24(3)21-34(35(32)37)36(29,4)5/h7-23H,2,6H2,1,3-5H3/b29-11-. The van der Waals surface area contributed by atoms with Crippen LogP contribution in [0.15, 0.2) is 121 Å². The Kier molecular flexibility index (Phi) is 5.85. The van der Waals surface area contributed by atoms with Gasteiger partial charge in [0.25, 0.3) is 0 Å². The van der Waals surface area contributed by atoms with Crippen LogP contribution < -0.4 is 0 Å². The van der Waals surface area contributed by atoms with Crippen molar-refractivity contribution < 1.29 is 0 Å². The zero-order valence-electron chi connectivity index (χ0n) is 22.6. The van der Waals surface area contributed by atoms with Gasteiger partial charge in [0.15, 0.2) is 0 Å². The third-order valence-corrected chi connectivity index (χ3v) is 8.78. The van der Waals surface area contributed by atoms with Crippen LogP contribution in [0.3, 0.4) is 0 Å². The summed E-state index contributed by atoms with van der Waals surface area (Å²) in [6, 6.07) is 30.9. The van der Waals surface area contributed by atoms with Crippen LogP contribution in [0.4, 0.5) is 0 Å². The molecule has 4 aromatic carbocycles. The van der Waals surface area contributed by atoms with Crippen LogP contribution in [0.25, 0.3) is 22.3 Å². The minimum Gasteiger partial charge on any atom is -0.0987 e. The van der Waals surface area contributed by atoms with Crippen molar-refractivity contribution in [3.63, 3.8) is 0 Å². The SMILES string of the molecule is C=CC1=C/C(=C/CC)C(C)(C)c2cc(C)cc3c2C1(c1ccc(-c2ccccc2)cc1)c1ccc(Cl)cc1-3. The van der Waals surface area contributed by atoms with E-state index in [0.717, 1.165) is 11.4 Å². The molecule has 0 saturated heterocycles. The molecule has 1 atom stereocenters. The first-order valence-corrected chi connectivity index (χ1v) is 13.9. The molecule has 1 heteroatoms. The summed E-state index contributed by atoms with van der Waals surface area (Å²) in [6.45, 7) is 13.5. The summed E-state index contributed by atoms with van der Waals surface area (Å²) in [6.07, 6.45) is 7.85. The van der Waals surface area contributed by atoms with Gasteiger partial charge in [-0.05, 0) is 81.1 Å². The summed E-state index contributed by atoms with van der Waals surface area (Å²) in [5, 5.41) is 0.764. The molecule has 0 amide bonds. The first-order valence-electron chi connectivity index (χ1n) is 13.5. The Labute approximate surface area is 232 Å². The Morgan fingerprint density at radius 1 is 0.816 bits per heavy atom. The lowest BCUT2D eigenvalue weighted by atomic mass is 9.65. The fourth-order valence-corrected chi connectivity index (χ4v) is 6.94. The van der Waals surface area contributed by atoms with Crippen molar-refractivity contribution in [1.29, 1.82) is 0 Å². The quantitative estimate of drug-likeness (QED) is 0.255. The lowest BCUT2D eigenvalue weighted by Crippen LogP contribution is -2.31. The molecular weight excluding hydrogens is 480 g/mol. The monoisotopic (exact) mass is 512 g/mol. The van der Waals surface area contributed by atoms with Crippen LogP contribution in [-0.2, 0) is 10.8 Å². The lowest BCUT2D eigenvalue weighted by Gasteiger charge is -2.36. The molecule has 0 aliphatic heterocycles. The molecule has 0 heterocycles. The zero-order valence-corrected chi connectivity index (χ0v) is 23.4. The van der Waals surface area contributed by atoms with Gasteiger partial charge in [-0.3, -0.25) is 0 Å². The van der Waals surface area contributed by atoms with Crippen LogP contribution in [0.2, 0.25) is 5.02 Å². The van der Waals surface area contributed by atoms with E-state index in [1.807, 2.05) is 6.07 Å². The van der Waals surface area contributed by atoms with Crippen LogP contribution in [0.5, 0.6) is 0 Å². The van der Waals surface area contributed by atoms with Crippen molar-refractivity contribution in [3.05, 3.63) is 154 Å². The van der Waals surface area contributed by atoms with Gasteiger partial charge >= 0.3 is 0 Å². The molecule has 2 aliphatic carbocycles. The number of fused-ring (bicyclic) bond motifs is 3. The molecule has 0 spiro atoms. The van der Waals surface area contributed by atoms with Gasteiger partial charge in [0.1, 0.15) is 0 Å². The Balaban J connectivity index is 1.76. The molecule has 0 fully saturated rings. The van der Waals surface area contributed by atoms with E-state index in [0.29, 0.717) is 0 Å². The highest BCUT2D eigenvalue weighted by Gasteiger charge is 2.51. The first kappa shape index (κ1) is 24.7. The fraction of sp³-hybridized carbons (Fsp3) is 0.189. The predicted octanol–water partition coefficient (Wildman–Crippen LogP) is 10.4. The van der Waals surface area contributed by atoms with Gasteiger partial charge in [0, 0.05) is 10.4 Å². The summed E-state index contributed by atoms with van der Waals surface area (Å²) < 4.78 is 0. The molecule has 0 N–H and O–H groups in total. The largest absolute Gasteiger partial charge is 0.0987 e. The van der Waals surface area contributed by atoms with E-state index in [1.165, 1.54) is 61.2 Å². The van der Waals surface area contributed by atoms with Crippen molar-refractivity contribution in [2.45, 2.75) is 44.9 Å². The van der Waals surface area contributed by atoms with Crippen LogP contribution in [0, 0.1) is 6.92 Å². The second kappa shape index (κ2) is 9.00. The summed E-state index contributed by atoms with van der Waals surface area (Å²) in [4.78, 5) is 0. The maximum Gasteiger partial charge on any atom is 0.0716 e. The molecule has 0 aromatic heterocycles. The van der Waals surface area contributed by atoms with E-state index in [2.05, 4.69) is 131 Å². The molecule has 0 radical (unpaired) electrons. The third-order valence-electron chi connectivity index (χ3n) is 8.54. The van der Waals surface area contributed by atoms with Crippen molar-refractivity contribution in [2.75, 3.05) is 0 Å². The van der Waals surface area contributed by atoms with Crippen molar-refractivity contribution in [1.82, 2.24) is 0 Å². The molecule has 0 saturated carbocycles. The average molecular weight is 513 g/mol. The summed E-state index contributed by atoms with van der Waals surface area (Å²) >= 11 is 6.64. The molecule has 188 valence electrons. The molecule has 2 aliphatic rings. The minimum atomic E-state index is -0.476. The number of aryl methyl sites for hydroxylation is 1. The van der Waals surface area contributed by atoms with E-state index in [9.17, 15) is 0 Å². The summed E-state index contributed by atoms with van der Waals surface area (Å²) in [5.41, 5.74) is 13.4. The summed E-state index contributed by atoms with van der Waals surface area (Å²) in [5.74, 6) is 0. The number of hydrogen-bond donors (Lipinski definition) is 0. The molecule has 0 nitrogen and oxygen atoms in total. The van der Waals surface area contributed by atoms with E-state index in [4.69, 9.17) is 11.6 Å². The van der Waals surface area contributed by atoms with Crippen LogP contribution >= 0.6 is 11.6 Å². The molecule has 38 heavy (non-hydrogen) atoms. The predicted molar refractivity (Wildman–Crippen MR) is 163 cm³/mol. The van der Waals surface area contributed by atoms with Crippen molar-refractivity contribution >= 4 is 11.6 Å². The Morgan fingerprint density at radius 3 is 2.21 bits per heavy atom. The normalized spacial score (nSPS) is 19.9. The smallest absolute Gasteiger partial charge is 0.0716 e. The number of allylic oxidation sites excluding steroid dienone is 5. The average Bonchev–Trinajstić information content (AvgIpc) is 3.16. The number of halogens is 1. The molecule has 1 unspecified atom stereocenters.